The first-order chi connectivity index (χ1) is 10.3. The van der Waals surface area contributed by atoms with Crippen LogP contribution in [0.15, 0.2) is 60.7 Å². The molecule has 4 nitrogen and oxygen atoms in total. The van der Waals surface area contributed by atoms with Crippen molar-refractivity contribution in [3.8, 4) is 11.5 Å². The molecule has 0 amide bonds. The van der Waals surface area contributed by atoms with Gasteiger partial charge >= 0.3 is 8.25 Å². The van der Waals surface area contributed by atoms with Crippen LogP contribution in [0.25, 0.3) is 0 Å². The summed E-state index contributed by atoms with van der Waals surface area (Å²) in [7, 11) is -2.54. The van der Waals surface area contributed by atoms with Crippen molar-refractivity contribution < 1.29 is 18.3 Å². The highest BCUT2D eigenvalue weighted by molar-refractivity contribution is 7.34. The second-order valence-electron chi connectivity index (χ2n) is 4.40. The van der Waals surface area contributed by atoms with Gasteiger partial charge in [0.05, 0.1) is 0 Å². The van der Waals surface area contributed by atoms with Crippen LogP contribution in [0.5, 0.6) is 11.5 Å². The van der Waals surface area contributed by atoms with Crippen molar-refractivity contribution in [2.45, 2.75) is 12.8 Å². The SMILES string of the molecule is C1CCOC1.O=[PH](Oc1ccccc1)Oc1ccccc1. The van der Waals surface area contributed by atoms with Crippen LogP contribution in [-0.4, -0.2) is 13.2 Å². The fraction of sp³-hybridized carbons (Fsp3) is 0.250. The highest BCUT2D eigenvalue weighted by atomic mass is 31.1. The van der Waals surface area contributed by atoms with Gasteiger partial charge in [0.15, 0.2) is 0 Å². The Morgan fingerprint density at radius 1 is 0.762 bits per heavy atom. The molecule has 3 rings (SSSR count). The number of rotatable bonds is 4. The van der Waals surface area contributed by atoms with E-state index in [0.29, 0.717) is 11.5 Å². The summed E-state index contributed by atoms with van der Waals surface area (Å²) in [6, 6.07) is 17.9. The van der Waals surface area contributed by atoms with Gasteiger partial charge in [0.2, 0.25) is 0 Å². The molecule has 5 heteroatoms. The zero-order chi connectivity index (χ0) is 14.8. The van der Waals surface area contributed by atoms with Crippen molar-refractivity contribution >= 4 is 8.25 Å². The molecule has 0 atom stereocenters. The van der Waals surface area contributed by atoms with E-state index in [1.807, 2.05) is 36.4 Å². The topological polar surface area (TPSA) is 44.8 Å². The zero-order valence-corrected chi connectivity index (χ0v) is 12.7. The van der Waals surface area contributed by atoms with Crippen molar-refractivity contribution in [1.82, 2.24) is 0 Å². The molecule has 21 heavy (non-hydrogen) atoms. The third-order valence-corrected chi connectivity index (χ3v) is 3.52. The lowest BCUT2D eigenvalue weighted by Gasteiger charge is -2.07. The van der Waals surface area contributed by atoms with E-state index in [-0.39, 0.29) is 0 Å². The largest absolute Gasteiger partial charge is 0.418 e. The first-order valence-corrected chi connectivity index (χ1v) is 8.14. The van der Waals surface area contributed by atoms with E-state index in [0.717, 1.165) is 13.2 Å². The first-order valence-electron chi connectivity index (χ1n) is 6.92. The smallest absolute Gasteiger partial charge is 0.418 e. The number of ether oxygens (including phenoxy) is 1. The maximum absolute atomic E-state index is 11.5. The summed E-state index contributed by atoms with van der Waals surface area (Å²) < 4.78 is 26.8. The van der Waals surface area contributed by atoms with Crippen LogP contribution in [0.3, 0.4) is 0 Å². The molecule has 0 saturated carbocycles. The molecule has 1 aliphatic rings. The molecule has 1 heterocycles. The summed E-state index contributed by atoms with van der Waals surface area (Å²) in [5, 5.41) is 0. The van der Waals surface area contributed by atoms with E-state index >= 15 is 0 Å². The van der Waals surface area contributed by atoms with E-state index in [1.54, 1.807) is 24.3 Å². The fourth-order valence-electron chi connectivity index (χ4n) is 1.70. The fourth-order valence-corrected chi connectivity index (χ4v) is 2.40. The molecule has 1 fully saturated rings. The summed E-state index contributed by atoms with van der Waals surface area (Å²) in [4.78, 5) is 0. The molecular weight excluding hydrogens is 287 g/mol. The Bertz CT molecular complexity index is 475. The van der Waals surface area contributed by atoms with E-state index in [9.17, 15) is 4.57 Å². The van der Waals surface area contributed by atoms with Crippen LogP contribution in [0.4, 0.5) is 0 Å². The highest BCUT2D eigenvalue weighted by Gasteiger charge is 2.02. The Hall–Kier alpha value is -1.77. The predicted molar refractivity (Wildman–Crippen MR) is 83.2 cm³/mol. The van der Waals surface area contributed by atoms with Crippen molar-refractivity contribution in [3.63, 3.8) is 0 Å². The Morgan fingerprint density at radius 3 is 1.52 bits per heavy atom. The summed E-state index contributed by atoms with van der Waals surface area (Å²) in [5.74, 6) is 1.09. The van der Waals surface area contributed by atoms with Crippen molar-refractivity contribution in [1.29, 1.82) is 0 Å². The average molecular weight is 306 g/mol. The quantitative estimate of drug-likeness (QED) is 0.789. The van der Waals surface area contributed by atoms with Crippen molar-refractivity contribution in [3.05, 3.63) is 60.7 Å². The van der Waals surface area contributed by atoms with Crippen molar-refractivity contribution in [2.75, 3.05) is 13.2 Å². The van der Waals surface area contributed by atoms with E-state index in [2.05, 4.69) is 0 Å². The molecule has 0 spiro atoms. The normalized spacial score (nSPS) is 13.4. The van der Waals surface area contributed by atoms with Gasteiger partial charge in [-0.25, -0.2) is 4.57 Å². The average Bonchev–Trinajstić information content (AvgIpc) is 3.09. The molecule has 1 saturated heterocycles. The monoisotopic (exact) mass is 306 g/mol. The Kier molecular flexibility index (Phi) is 6.85. The molecular formula is C16H19O4P. The van der Waals surface area contributed by atoms with E-state index < -0.39 is 8.25 Å². The zero-order valence-electron chi connectivity index (χ0n) is 11.7. The number of hydrogen-bond acceptors (Lipinski definition) is 4. The maximum atomic E-state index is 11.5. The third-order valence-electron chi connectivity index (χ3n) is 2.72. The molecule has 2 aromatic rings. The van der Waals surface area contributed by atoms with Crippen LogP contribution in [0.1, 0.15) is 12.8 Å². The van der Waals surface area contributed by atoms with Crippen LogP contribution >= 0.6 is 8.25 Å². The summed E-state index contributed by atoms with van der Waals surface area (Å²) in [6.45, 7) is 2.00. The number of hydrogen-bond donors (Lipinski definition) is 0. The second kappa shape index (κ2) is 9.22. The van der Waals surface area contributed by atoms with Gasteiger partial charge in [0.25, 0.3) is 0 Å². The van der Waals surface area contributed by atoms with Gasteiger partial charge in [-0.05, 0) is 37.1 Å². The minimum Gasteiger partial charge on any atom is -0.418 e. The highest BCUT2D eigenvalue weighted by Crippen LogP contribution is 2.29. The molecule has 0 radical (unpaired) electrons. The van der Waals surface area contributed by atoms with Gasteiger partial charge in [-0.1, -0.05) is 36.4 Å². The minimum absolute atomic E-state index is 0.544. The summed E-state index contributed by atoms with van der Waals surface area (Å²) >= 11 is 0. The van der Waals surface area contributed by atoms with Crippen LogP contribution in [0, 0.1) is 0 Å². The van der Waals surface area contributed by atoms with Crippen LogP contribution < -0.4 is 9.05 Å². The molecule has 112 valence electrons. The molecule has 0 N–H and O–H groups in total. The third kappa shape index (κ3) is 6.48. The van der Waals surface area contributed by atoms with E-state index in [4.69, 9.17) is 13.8 Å². The Balaban J connectivity index is 0.000000272. The van der Waals surface area contributed by atoms with Gasteiger partial charge in [-0.3, -0.25) is 0 Å². The molecule has 0 aromatic heterocycles. The molecule has 0 aliphatic carbocycles. The molecule has 2 aromatic carbocycles. The summed E-state index contributed by atoms with van der Waals surface area (Å²) in [5.41, 5.74) is 0. The van der Waals surface area contributed by atoms with Crippen molar-refractivity contribution in [2.24, 2.45) is 0 Å². The standard InChI is InChI=1S/C12H11O3P.C4H8O/c13-16(14-11-7-3-1-4-8-11)15-12-9-5-2-6-10-12;1-2-4-5-3-1/h1-10,16H;1-4H2. The molecule has 1 aliphatic heterocycles. The predicted octanol–water partition coefficient (Wildman–Crippen LogP) is 4.33. The lowest BCUT2D eigenvalue weighted by Crippen LogP contribution is -1.87. The van der Waals surface area contributed by atoms with Gasteiger partial charge in [0.1, 0.15) is 11.5 Å². The summed E-state index contributed by atoms with van der Waals surface area (Å²) in [6.07, 6.45) is 2.56. The Morgan fingerprint density at radius 2 is 1.19 bits per heavy atom. The van der Waals surface area contributed by atoms with Gasteiger partial charge < -0.3 is 13.8 Å². The van der Waals surface area contributed by atoms with Crippen LogP contribution in [0.2, 0.25) is 0 Å². The van der Waals surface area contributed by atoms with E-state index in [1.165, 1.54) is 12.8 Å². The lowest BCUT2D eigenvalue weighted by atomic mass is 10.3. The maximum Gasteiger partial charge on any atom is 0.418 e. The Labute approximate surface area is 125 Å². The van der Waals surface area contributed by atoms with Gasteiger partial charge in [-0.2, -0.15) is 0 Å². The number of benzene rings is 2. The molecule has 0 bridgehead atoms. The number of para-hydroxylation sites is 2. The van der Waals surface area contributed by atoms with Gasteiger partial charge in [-0.15, -0.1) is 0 Å². The lowest BCUT2D eigenvalue weighted by molar-refractivity contribution is 0.198. The molecule has 0 unspecified atom stereocenters. The van der Waals surface area contributed by atoms with Gasteiger partial charge in [0, 0.05) is 13.2 Å². The van der Waals surface area contributed by atoms with Crippen LogP contribution in [-0.2, 0) is 9.30 Å². The minimum atomic E-state index is -2.54. The second-order valence-corrected chi connectivity index (χ2v) is 5.31. The first kappa shape index (κ1) is 15.6.